The molecule has 3 rings (SSSR count). The molecule has 28 heavy (non-hydrogen) atoms. The predicted molar refractivity (Wildman–Crippen MR) is 113 cm³/mol. The molecule has 5 nitrogen and oxygen atoms in total. The van der Waals surface area contributed by atoms with Gasteiger partial charge in [0.15, 0.2) is 0 Å². The predicted octanol–water partition coefficient (Wildman–Crippen LogP) is 4.96. The molecular weight excluding hydrogens is 348 g/mol. The second-order valence-electron chi connectivity index (χ2n) is 7.31. The van der Waals surface area contributed by atoms with Gasteiger partial charge in [0.25, 0.3) is 5.91 Å². The number of rotatable bonds is 6. The maximum Gasteiger partial charge on any atom is 0.254 e. The van der Waals surface area contributed by atoms with Crippen LogP contribution in [0.1, 0.15) is 55.1 Å². The first-order valence-electron chi connectivity index (χ1n) is 9.95. The van der Waals surface area contributed by atoms with E-state index in [9.17, 15) is 4.79 Å². The molecule has 0 saturated carbocycles. The van der Waals surface area contributed by atoms with Crippen LogP contribution in [0.3, 0.4) is 0 Å². The first kappa shape index (κ1) is 19.9. The number of amides is 1. The van der Waals surface area contributed by atoms with Crippen LogP contribution in [0.5, 0.6) is 0 Å². The molecule has 0 fully saturated rings. The highest BCUT2D eigenvalue weighted by Crippen LogP contribution is 2.29. The highest BCUT2D eigenvalue weighted by molar-refractivity contribution is 6.08. The number of pyridine rings is 1. The van der Waals surface area contributed by atoms with Crippen LogP contribution >= 0.6 is 0 Å². The number of aromatic nitrogens is 3. The number of hydrogen-bond acceptors (Lipinski definition) is 4. The molecule has 1 aromatic carbocycles. The van der Waals surface area contributed by atoms with Gasteiger partial charge in [-0.25, -0.2) is 15.0 Å². The van der Waals surface area contributed by atoms with Crippen molar-refractivity contribution >= 4 is 16.8 Å². The van der Waals surface area contributed by atoms with Crippen molar-refractivity contribution in [1.29, 1.82) is 0 Å². The van der Waals surface area contributed by atoms with Crippen molar-refractivity contribution < 1.29 is 4.79 Å². The molecular formula is C23H28N4O. The SMILES string of the molecule is CCC[C@@H](C)N(CC)C(=O)c1cc(-c2cncnc2)nc2c(C)c(C)ccc12. The molecule has 0 aliphatic rings. The Morgan fingerprint density at radius 1 is 1.14 bits per heavy atom. The molecule has 146 valence electrons. The topological polar surface area (TPSA) is 59.0 Å². The zero-order valence-electron chi connectivity index (χ0n) is 17.4. The van der Waals surface area contributed by atoms with E-state index in [4.69, 9.17) is 4.98 Å². The van der Waals surface area contributed by atoms with Gasteiger partial charge in [-0.3, -0.25) is 4.79 Å². The Morgan fingerprint density at radius 2 is 1.86 bits per heavy atom. The summed E-state index contributed by atoms with van der Waals surface area (Å²) in [6.45, 7) is 11.1. The van der Waals surface area contributed by atoms with Gasteiger partial charge in [0.2, 0.25) is 0 Å². The van der Waals surface area contributed by atoms with E-state index in [1.54, 1.807) is 12.4 Å². The Morgan fingerprint density at radius 3 is 2.50 bits per heavy atom. The summed E-state index contributed by atoms with van der Waals surface area (Å²) in [5.74, 6) is 0.0530. The average molecular weight is 377 g/mol. The fraction of sp³-hybridized carbons (Fsp3) is 0.391. The number of hydrogen-bond donors (Lipinski definition) is 0. The molecule has 2 heterocycles. The van der Waals surface area contributed by atoms with Gasteiger partial charge in [0.1, 0.15) is 6.33 Å². The van der Waals surface area contributed by atoms with Crippen molar-refractivity contribution in [2.24, 2.45) is 0 Å². The molecule has 0 bridgehead atoms. The van der Waals surface area contributed by atoms with Gasteiger partial charge in [-0.05, 0) is 51.3 Å². The average Bonchev–Trinajstić information content (AvgIpc) is 2.71. The minimum absolute atomic E-state index is 0.0530. The second kappa shape index (κ2) is 8.46. The van der Waals surface area contributed by atoms with E-state index in [1.165, 1.54) is 6.33 Å². The third kappa shape index (κ3) is 3.75. The van der Waals surface area contributed by atoms with Gasteiger partial charge in [-0.2, -0.15) is 0 Å². The number of aryl methyl sites for hydroxylation is 2. The quantitative estimate of drug-likeness (QED) is 0.610. The van der Waals surface area contributed by atoms with Crippen LogP contribution in [0.15, 0.2) is 36.9 Å². The lowest BCUT2D eigenvalue weighted by atomic mass is 9.98. The first-order chi connectivity index (χ1) is 13.5. The van der Waals surface area contributed by atoms with Crippen LogP contribution in [0.2, 0.25) is 0 Å². The molecule has 5 heteroatoms. The second-order valence-corrected chi connectivity index (χ2v) is 7.31. The van der Waals surface area contributed by atoms with Crippen LogP contribution in [0, 0.1) is 13.8 Å². The summed E-state index contributed by atoms with van der Waals surface area (Å²) < 4.78 is 0. The van der Waals surface area contributed by atoms with Crippen LogP contribution in [0.4, 0.5) is 0 Å². The van der Waals surface area contributed by atoms with Crippen LogP contribution in [0.25, 0.3) is 22.2 Å². The molecule has 1 amide bonds. The fourth-order valence-electron chi connectivity index (χ4n) is 3.67. The minimum Gasteiger partial charge on any atom is -0.336 e. The summed E-state index contributed by atoms with van der Waals surface area (Å²) in [4.78, 5) is 28.6. The first-order valence-corrected chi connectivity index (χ1v) is 9.95. The third-order valence-corrected chi connectivity index (χ3v) is 5.43. The van der Waals surface area contributed by atoms with E-state index < -0.39 is 0 Å². The third-order valence-electron chi connectivity index (χ3n) is 5.43. The van der Waals surface area contributed by atoms with Crippen molar-refractivity contribution in [3.05, 3.63) is 53.6 Å². The molecule has 0 N–H and O–H groups in total. The number of nitrogens with zero attached hydrogens (tertiary/aromatic N) is 4. The van der Waals surface area contributed by atoms with E-state index in [2.05, 4.69) is 43.7 Å². The van der Waals surface area contributed by atoms with Crippen molar-refractivity contribution in [2.75, 3.05) is 6.54 Å². The molecule has 3 aromatic rings. The van der Waals surface area contributed by atoms with Gasteiger partial charge < -0.3 is 4.90 Å². The van der Waals surface area contributed by atoms with Crippen molar-refractivity contribution in [2.45, 2.75) is 53.5 Å². The molecule has 0 radical (unpaired) electrons. The normalized spacial score (nSPS) is 12.2. The van der Waals surface area contributed by atoms with Crippen LogP contribution < -0.4 is 0 Å². The van der Waals surface area contributed by atoms with E-state index in [0.29, 0.717) is 12.1 Å². The molecule has 0 aliphatic carbocycles. The molecule has 1 atom stereocenters. The van der Waals surface area contributed by atoms with Gasteiger partial charge in [-0.1, -0.05) is 25.5 Å². The molecule has 2 aromatic heterocycles. The highest BCUT2D eigenvalue weighted by Gasteiger charge is 2.23. The number of benzene rings is 1. The van der Waals surface area contributed by atoms with Gasteiger partial charge >= 0.3 is 0 Å². The molecule has 0 unspecified atom stereocenters. The summed E-state index contributed by atoms with van der Waals surface area (Å²) in [6, 6.07) is 6.16. The summed E-state index contributed by atoms with van der Waals surface area (Å²) in [6.07, 6.45) is 7.00. The summed E-state index contributed by atoms with van der Waals surface area (Å²) in [5.41, 5.74) is 5.34. The largest absolute Gasteiger partial charge is 0.336 e. The Kier molecular flexibility index (Phi) is 6.02. The summed E-state index contributed by atoms with van der Waals surface area (Å²) in [5, 5.41) is 0.899. The molecule has 0 saturated heterocycles. The smallest absolute Gasteiger partial charge is 0.254 e. The maximum atomic E-state index is 13.6. The van der Waals surface area contributed by atoms with E-state index in [0.717, 1.165) is 46.1 Å². The van der Waals surface area contributed by atoms with Crippen molar-refractivity contribution in [3.63, 3.8) is 0 Å². The van der Waals surface area contributed by atoms with E-state index in [-0.39, 0.29) is 11.9 Å². The lowest BCUT2D eigenvalue weighted by Gasteiger charge is -2.28. The van der Waals surface area contributed by atoms with Gasteiger partial charge in [0, 0.05) is 35.9 Å². The number of carbonyl (C=O) groups excluding carboxylic acids is 1. The van der Waals surface area contributed by atoms with E-state index >= 15 is 0 Å². The Balaban J connectivity index is 2.22. The van der Waals surface area contributed by atoms with Gasteiger partial charge in [0.05, 0.1) is 16.8 Å². The molecule has 0 aliphatic heterocycles. The zero-order valence-corrected chi connectivity index (χ0v) is 17.4. The van der Waals surface area contributed by atoms with Crippen LogP contribution in [-0.4, -0.2) is 38.3 Å². The number of fused-ring (bicyclic) bond motifs is 1. The Labute approximate surface area is 166 Å². The maximum absolute atomic E-state index is 13.6. The lowest BCUT2D eigenvalue weighted by molar-refractivity contribution is 0.0697. The van der Waals surface area contributed by atoms with Crippen molar-refractivity contribution in [1.82, 2.24) is 19.9 Å². The molecule has 0 spiro atoms. The zero-order chi connectivity index (χ0) is 20.3. The fourth-order valence-corrected chi connectivity index (χ4v) is 3.67. The van der Waals surface area contributed by atoms with E-state index in [1.807, 2.05) is 24.0 Å². The standard InChI is InChI=1S/C23H28N4O/c1-6-8-16(4)27(7-2)23(28)20-11-21(18-12-24-14-25-13-18)26-22-17(5)15(3)9-10-19(20)22/h9-14,16H,6-8H2,1-5H3/t16-/m1/s1. The van der Waals surface area contributed by atoms with Crippen molar-refractivity contribution in [3.8, 4) is 11.3 Å². The number of carbonyl (C=O) groups is 1. The van der Waals surface area contributed by atoms with Gasteiger partial charge in [-0.15, -0.1) is 0 Å². The minimum atomic E-state index is 0.0530. The highest BCUT2D eigenvalue weighted by atomic mass is 16.2. The Hall–Kier alpha value is -2.82. The Bertz CT molecular complexity index is 985. The summed E-state index contributed by atoms with van der Waals surface area (Å²) in [7, 11) is 0. The lowest BCUT2D eigenvalue weighted by Crippen LogP contribution is -2.38. The summed E-state index contributed by atoms with van der Waals surface area (Å²) >= 11 is 0. The monoisotopic (exact) mass is 376 g/mol. The van der Waals surface area contributed by atoms with Crippen LogP contribution in [-0.2, 0) is 0 Å².